The third-order valence-corrected chi connectivity index (χ3v) is 3.12. The summed E-state index contributed by atoms with van der Waals surface area (Å²) >= 11 is 0. The molecule has 2 heteroatoms. The van der Waals surface area contributed by atoms with E-state index in [-0.39, 0.29) is 0 Å². The van der Waals surface area contributed by atoms with Gasteiger partial charge in [-0.2, -0.15) is 0 Å². The van der Waals surface area contributed by atoms with E-state index in [1.165, 1.54) is 12.8 Å². The van der Waals surface area contributed by atoms with Crippen molar-refractivity contribution in [3.63, 3.8) is 0 Å². The van der Waals surface area contributed by atoms with E-state index in [9.17, 15) is 0 Å². The second-order valence-electron chi connectivity index (χ2n) is 3.99. The second-order valence-corrected chi connectivity index (χ2v) is 3.99. The maximum Gasteiger partial charge on any atom is 0.0192 e. The summed E-state index contributed by atoms with van der Waals surface area (Å²) in [5.74, 6) is 0. The molecule has 0 radical (unpaired) electrons. The summed E-state index contributed by atoms with van der Waals surface area (Å²) in [4.78, 5) is 2.50. The molecule has 0 aliphatic carbocycles. The summed E-state index contributed by atoms with van der Waals surface area (Å²) in [6.45, 7) is 14.7. The van der Waals surface area contributed by atoms with Crippen LogP contribution >= 0.6 is 0 Å². The third kappa shape index (κ3) is 4.97. The van der Waals surface area contributed by atoms with Crippen molar-refractivity contribution in [2.45, 2.75) is 59.5 Å². The first-order valence-corrected chi connectivity index (χ1v) is 6.16. The lowest BCUT2D eigenvalue weighted by molar-refractivity contribution is 0.219. The molecular formula is C12H28N2. The van der Waals surface area contributed by atoms with Gasteiger partial charge in [-0.05, 0) is 32.9 Å². The first kappa shape index (κ1) is 13.9. The molecule has 0 amide bonds. The largest absolute Gasteiger partial charge is 0.312 e. The van der Waals surface area contributed by atoms with Crippen molar-refractivity contribution >= 4 is 0 Å². The molecule has 0 spiro atoms. The van der Waals surface area contributed by atoms with Crippen LogP contribution in [0.25, 0.3) is 0 Å². The second kappa shape index (κ2) is 8.25. The van der Waals surface area contributed by atoms with Crippen LogP contribution < -0.4 is 5.32 Å². The Morgan fingerprint density at radius 3 is 1.86 bits per heavy atom. The molecule has 86 valence electrons. The number of hydrogen-bond donors (Lipinski definition) is 1. The third-order valence-electron chi connectivity index (χ3n) is 3.12. The molecule has 0 aromatic rings. The summed E-state index contributed by atoms with van der Waals surface area (Å²) in [7, 11) is 0. The smallest absolute Gasteiger partial charge is 0.0192 e. The minimum absolute atomic E-state index is 0.658. The van der Waals surface area contributed by atoms with E-state index >= 15 is 0 Å². The van der Waals surface area contributed by atoms with Crippen LogP contribution in [-0.2, 0) is 0 Å². The fourth-order valence-corrected chi connectivity index (χ4v) is 1.89. The Kier molecular flexibility index (Phi) is 8.20. The van der Waals surface area contributed by atoms with Crippen LogP contribution in [0.4, 0.5) is 0 Å². The lowest BCUT2D eigenvalue weighted by Gasteiger charge is -2.28. The molecule has 0 fully saturated rings. The van der Waals surface area contributed by atoms with Crippen LogP contribution in [-0.4, -0.2) is 36.6 Å². The molecule has 0 bridgehead atoms. The van der Waals surface area contributed by atoms with Crippen molar-refractivity contribution in [3.05, 3.63) is 0 Å². The molecule has 1 N–H and O–H groups in total. The first-order valence-electron chi connectivity index (χ1n) is 6.16. The zero-order valence-corrected chi connectivity index (χ0v) is 10.6. The zero-order valence-electron chi connectivity index (χ0n) is 10.6. The monoisotopic (exact) mass is 200 g/mol. The highest BCUT2D eigenvalue weighted by Crippen LogP contribution is 2.00. The molecule has 0 aromatic carbocycles. The van der Waals surface area contributed by atoms with Gasteiger partial charge >= 0.3 is 0 Å². The number of likely N-dealkylation sites (N-methyl/N-ethyl adjacent to an activating group) is 1. The molecule has 2 nitrogen and oxygen atoms in total. The van der Waals surface area contributed by atoms with Gasteiger partial charge in [-0.3, -0.25) is 4.90 Å². The summed E-state index contributed by atoms with van der Waals surface area (Å²) in [5.41, 5.74) is 0. The average molecular weight is 200 g/mol. The Morgan fingerprint density at radius 1 is 1.00 bits per heavy atom. The first-order chi connectivity index (χ1) is 6.69. The van der Waals surface area contributed by atoms with E-state index in [0.717, 1.165) is 19.6 Å². The molecule has 1 unspecified atom stereocenters. The van der Waals surface area contributed by atoms with E-state index in [4.69, 9.17) is 0 Å². The van der Waals surface area contributed by atoms with Crippen molar-refractivity contribution in [2.24, 2.45) is 0 Å². The van der Waals surface area contributed by atoms with Crippen molar-refractivity contribution in [3.8, 4) is 0 Å². The minimum Gasteiger partial charge on any atom is -0.312 e. The van der Waals surface area contributed by atoms with E-state index in [1.54, 1.807) is 0 Å². The molecule has 0 aliphatic heterocycles. The highest BCUT2D eigenvalue weighted by molar-refractivity contribution is 4.71. The van der Waals surface area contributed by atoms with Gasteiger partial charge in [0.15, 0.2) is 0 Å². The Morgan fingerprint density at radius 2 is 1.50 bits per heavy atom. The summed E-state index contributed by atoms with van der Waals surface area (Å²) < 4.78 is 0. The van der Waals surface area contributed by atoms with E-state index in [1.807, 2.05) is 0 Å². The molecule has 0 saturated carbocycles. The van der Waals surface area contributed by atoms with Crippen LogP contribution in [0.3, 0.4) is 0 Å². The predicted molar refractivity (Wildman–Crippen MR) is 64.8 cm³/mol. The van der Waals surface area contributed by atoms with Gasteiger partial charge in [0.2, 0.25) is 0 Å². The van der Waals surface area contributed by atoms with Gasteiger partial charge in [0.05, 0.1) is 0 Å². The standard InChI is InChI=1S/C12H28N2/c1-6-12(7-2)13-10-11(5)14(8-3)9-4/h11-13H,6-10H2,1-5H3. The summed E-state index contributed by atoms with van der Waals surface area (Å²) in [6, 6.07) is 1.36. The normalized spacial score (nSPS) is 13.9. The van der Waals surface area contributed by atoms with Gasteiger partial charge in [-0.1, -0.05) is 27.7 Å². The Labute approximate surface area is 90.1 Å². The number of rotatable bonds is 8. The molecule has 0 heterocycles. The number of nitrogens with one attached hydrogen (secondary N) is 1. The predicted octanol–water partition coefficient (Wildman–Crippen LogP) is 2.49. The Hall–Kier alpha value is -0.0800. The van der Waals surface area contributed by atoms with Gasteiger partial charge in [-0.25, -0.2) is 0 Å². The van der Waals surface area contributed by atoms with Gasteiger partial charge in [-0.15, -0.1) is 0 Å². The van der Waals surface area contributed by atoms with Crippen LogP contribution in [0.1, 0.15) is 47.5 Å². The lowest BCUT2D eigenvalue weighted by atomic mass is 10.1. The molecule has 0 saturated heterocycles. The zero-order chi connectivity index (χ0) is 11.0. The SMILES string of the molecule is CCC(CC)NCC(C)N(CC)CC. The Balaban J connectivity index is 3.75. The molecule has 0 rings (SSSR count). The van der Waals surface area contributed by atoms with Gasteiger partial charge < -0.3 is 5.32 Å². The van der Waals surface area contributed by atoms with E-state index in [2.05, 4.69) is 44.8 Å². The van der Waals surface area contributed by atoms with Crippen LogP contribution in [0.2, 0.25) is 0 Å². The van der Waals surface area contributed by atoms with Crippen LogP contribution in [0, 0.1) is 0 Å². The molecule has 14 heavy (non-hydrogen) atoms. The quantitative estimate of drug-likeness (QED) is 0.647. The average Bonchev–Trinajstić information content (AvgIpc) is 2.21. The highest BCUT2D eigenvalue weighted by atomic mass is 15.2. The van der Waals surface area contributed by atoms with Crippen LogP contribution in [0.5, 0.6) is 0 Å². The van der Waals surface area contributed by atoms with Gasteiger partial charge in [0.1, 0.15) is 0 Å². The van der Waals surface area contributed by atoms with Crippen molar-refractivity contribution in [2.75, 3.05) is 19.6 Å². The fraction of sp³-hybridized carbons (Fsp3) is 1.00. The van der Waals surface area contributed by atoms with Crippen molar-refractivity contribution in [1.82, 2.24) is 10.2 Å². The molecule has 0 aromatic heterocycles. The van der Waals surface area contributed by atoms with Gasteiger partial charge in [0.25, 0.3) is 0 Å². The Bertz CT molecular complexity index is 117. The van der Waals surface area contributed by atoms with Crippen molar-refractivity contribution < 1.29 is 0 Å². The molecule has 0 aliphatic rings. The highest BCUT2D eigenvalue weighted by Gasteiger charge is 2.11. The lowest BCUT2D eigenvalue weighted by Crippen LogP contribution is -2.43. The van der Waals surface area contributed by atoms with E-state index < -0.39 is 0 Å². The van der Waals surface area contributed by atoms with Crippen LogP contribution in [0.15, 0.2) is 0 Å². The minimum atomic E-state index is 0.658. The molecule has 1 atom stereocenters. The maximum atomic E-state index is 3.63. The summed E-state index contributed by atoms with van der Waals surface area (Å²) in [5, 5.41) is 3.63. The topological polar surface area (TPSA) is 15.3 Å². The molecular weight excluding hydrogens is 172 g/mol. The van der Waals surface area contributed by atoms with E-state index in [0.29, 0.717) is 12.1 Å². The number of hydrogen-bond acceptors (Lipinski definition) is 2. The maximum absolute atomic E-state index is 3.63. The van der Waals surface area contributed by atoms with Crippen molar-refractivity contribution in [1.29, 1.82) is 0 Å². The fourth-order valence-electron chi connectivity index (χ4n) is 1.89. The van der Waals surface area contributed by atoms with Gasteiger partial charge in [0, 0.05) is 18.6 Å². The summed E-state index contributed by atoms with van der Waals surface area (Å²) in [6.07, 6.45) is 2.48. The number of nitrogens with zero attached hydrogens (tertiary/aromatic N) is 1.